The van der Waals surface area contributed by atoms with Crippen LogP contribution in [0.15, 0.2) is 0 Å². The van der Waals surface area contributed by atoms with Gasteiger partial charge in [-0.2, -0.15) is 0 Å². The molecule has 0 radical (unpaired) electrons. The zero-order valence-electron chi connectivity index (χ0n) is 17.2. The van der Waals surface area contributed by atoms with Gasteiger partial charge in [0.05, 0.1) is 37.8 Å². The Morgan fingerprint density at radius 2 is 1.90 bits per heavy atom. The lowest BCUT2D eigenvalue weighted by Crippen LogP contribution is -2.36. The Balaban J connectivity index is 2.09. The van der Waals surface area contributed by atoms with Gasteiger partial charge in [0.25, 0.3) is 0 Å². The van der Waals surface area contributed by atoms with Crippen LogP contribution in [0.2, 0.25) is 0 Å². The molecule has 0 saturated carbocycles. The van der Waals surface area contributed by atoms with Crippen LogP contribution in [-0.2, 0) is 28.7 Å². The van der Waals surface area contributed by atoms with E-state index >= 15 is 0 Å². The number of likely N-dealkylation sites (tertiary alicyclic amines) is 1. The molecule has 0 aliphatic carbocycles. The van der Waals surface area contributed by atoms with Crippen LogP contribution in [-0.4, -0.2) is 90.1 Å². The van der Waals surface area contributed by atoms with Crippen molar-refractivity contribution in [3.8, 4) is 0 Å². The Labute approximate surface area is 175 Å². The van der Waals surface area contributed by atoms with E-state index in [-0.39, 0.29) is 42.9 Å². The van der Waals surface area contributed by atoms with Crippen LogP contribution in [0.5, 0.6) is 0 Å². The largest absolute Gasteiger partial charge is 0.393 e. The molecule has 0 aromatic heterocycles. The second kappa shape index (κ2) is 14.5. The summed E-state index contributed by atoms with van der Waals surface area (Å²) in [6.07, 6.45) is 0.721. The average molecular weight is 433 g/mol. The van der Waals surface area contributed by atoms with Crippen molar-refractivity contribution in [2.24, 2.45) is 0 Å². The number of imide groups is 1. The molecule has 1 fully saturated rings. The van der Waals surface area contributed by atoms with Gasteiger partial charge in [-0.05, 0) is 26.0 Å². The average Bonchev–Trinajstić information content (AvgIpc) is 2.91. The molecule has 0 spiro atoms. The third-order valence-electron chi connectivity index (χ3n) is 4.16. The molecule has 0 bridgehead atoms. The third-order valence-corrected chi connectivity index (χ3v) is 5.40. The Kier molecular flexibility index (Phi) is 12.8. The Morgan fingerprint density at radius 1 is 1.21 bits per heavy atom. The quantitative estimate of drug-likeness (QED) is 0.261. The lowest BCUT2D eigenvalue weighted by Gasteiger charge is -2.15. The van der Waals surface area contributed by atoms with Crippen molar-refractivity contribution in [2.45, 2.75) is 50.9 Å². The number of ether oxygens (including phenoxy) is 2. The van der Waals surface area contributed by atoms with Crippen LogP contribution in [0.3, 0.4) is 0 Å². The molecular weight excluding hydrogens is 400 g/mol. The minimum atomic E-state index is -0.433. The van der Waals surface area contributed by atoms with Gasteiger partial charge in [-0.25, -0.2) is 0 Å². The van der Waals surface area contributed by atoms with Crippen molar-refractivity contribution in [2.75, 3.05) is 45.3 Å². The number of nitrogens with one attached hydrogen (secondary N) is 1. The molecule has 2 atom stereocenters. The molecule has 0 aromatic rings. The number of thioether (sulfide) groups is 1. The van der Waals surface area contributed by atoms with Crippen LogP contribution in [0.4, 0.5) is 0 Å². The Bertz CT molecular complexity index is 557. The van der Waals surface area contributed by atoms with Crippen molar-refractivity contribution in [1.82, 2.24) is 10.2 Å². The molecule has 1 heterocycles. The zero-order valence-corrected chi connectivity index (χ0v) is 18.0. The fourth-order valence-corrected chi connectivity index (χ4v) is 3.79. The minimum absolute atomic E-state index is 0.0523. The fourth-order valence-electron chi connectivity index (χ4n) is 2.50. The van der Waals surface area contributed by atoms with Crippen molar-refractivity contribution >= 4 is 35.3 Å². The zero-order chi connectivity index (χ0) is 21.6. The van der Waals surface area contributed by atoms with Crippen LogP contribution < -0.4 is 5.32 Å². The van der Waals surface area contributed by atoms with Crippen LogP contribution >= 0.6 is 11.8 Å². The third kappa shape index (κ3) is 11.3. The highest BCUT2D eigenvalue weighted by atomic mass is 32.2. The first-order valence-electron chi connectivity index (χ1n) is 9.86. The summed E-state index contributed by atoms with van der Waals surface area (Å²) in [5.41, 5.74) is 0. The molecular formula is C19H32N2O7S. The topological polar surface area (TPSA) is 122 Å². The van der Waals surface area contributed by atoms with Crippen LogP contribution in [0.1, 0.15) is 39.5 Å². The maximum absolute atomic E-state index is 12.3. The van der Waals surface area contributed by atoms with E-state index < -0.39 is 11.4 Å². The highest BCUT2D eigenvalue weighted by Crippen LogP contribution is 2.26. The summed E-state index contributed by atoms with van der Waals surface area (Å²) in [5.74, 6) is -0.0806. The van der Waals surface area contributed by atoms with E-state index in [2.05, 4.69) is 5.32 Å². The van der Waals surface area contributed by atoms with E-state index in [1.165, 1.54) is 18.7 Å². The van der Waals surface area contributed by atoms with Gasteiger partial charge in [0.1, 0.15) is 5.78 Å². The van der Waals surface area contributed by atoms with Gasteiger partial charge in [0.15, 0.2) is 0 Å². The number of aliphatic hydroxyl groups excluding tert-OH is 1. The van der Waals surface area contributed by atoms with Gasteiger partial charge >= 0.3 is 0 Å². The highest BCUT2D eigenvalue weighted by molar-refractivity contribution is 8.00. The number of Topliss-reactive ketones (excluding diaryl/α,β-unsaturated/α-hetero) is 1. The van der Waals surface area contributed by atoms with Gasteiger partial charge < -0.3 is 19.9 Å². The highest BCUT2D eigenvalue weighted by Gasteiger charge is 2.38. The molecule has 166 valence electrons. The first kappa shape index (κ1) is 25.5. The summed E-state index contributed by atoms with van der Waals surface area (Å²) in [7, 11) is 0. The standard InChI is InChI=1S/C19H32N2O7S/c1-14(22)4-8-27-10-11-28-9-6-20-17(24)3-7-21-18(25)13-16(19(21)26)29-12-5-15(2)23/h15-16,23H,3-13H2,1-2H3,(H,20,24). The van der Waals surface area contributed by atoms with E-state index in [0.29, 0.717) is 51.6 Å². The number of nitrogens with zero attached hydrogens (tertiary/aromatic N) is 1. The molecule has 1 saturated heterocycles. The molecule has 1 rings (SSSR count). The fraction of sp³-hybridized carbons (Fsp3) is 0.789. The number of carbonyl (C=O) groups excluding carboxylic acids is 4. The first-order valence-corrected chi connectivity index (χ1v) is 10.9. The normalized spacial score (nSPS) is 17.6. The molecule has 2 unspecified atom stereocenters. The second-order valence-corrected chi connectivity index (χ2v) is 8.17. The molecule has 29 heavy (non-hydrogen) atoms. The molecule has 9 nitrogen and oxygen atoms in total. The predicted molar refractivity (Wildman–Crippen MR) is 108 cm³/mol. The maximum Gasteiger partial charge on any atom is 0.242 e. The van der Waals surface area contributed by atoms with E-state index in [1.807, 2.05) is 0 Å². The van der Waals surface area contributed by atoms with Crippen LogP contribution in [0, 0.1) is 0 Å². The van der Waals surface area contributed by atoms with Crippen molar-refractivity contribution in [3.05, 3.63) is 0 Å². The molecule has 0 aromatic carbocycles. The lowest BCUT2D eigenvalue weighted by molar-refractivity contribution is -0.138. The van der Waals surface area contributed by atoms with Crippen molar-refractivity contribution in [3.63, 3.8) is 0 Å². The second-order valence-electron chi connectivity index (χ2n) is 6.86. The van der Waals surface area contributed by atoms with Crippen molar-refractivity contribution < 1.29 is 33.8 Å². The molecule has 1 aliphatic rings. The Hall–Kier alpha value is -1.49. The number of ketones is 1. The van der Waals surface area contributed by atoms with Crippen LogP contribution in [0.25, 0.3) is 0 Å². The SMILES string of the molecule is CC(=O)CCOCCOCCNC(=O)CCN1C(=O)CC(SCCC(C)O)C1=O. The number of amides is 3. The summed E-state index contributed by atoms with van der Waals surface area (Å²) in [6.45, 7) is 5.05. The summed E-state index contributed by atoms with van der Waals surface area (Å²) in [5, 5.41) is 11.5. The van der Waals surface area contributed by atoms with Crippen molar-refractivity contribution in [1.29, 1.82) is 0 Å². The molecule has 10 heteroatoms. The van der Waals surface area contributed by atoms with E-state index in [0.717, 1.165) is 4.90 Å². The predicted octanol–water partition coefficient (Wildman–Crippen LogP) is 0.137. The monoisotopic (exact) mass is 432 g/mol. The summed E-state index contributed by atoms with van der Waals surface area (Å²) >= 11 is 1.37. The molecule has 1 aliphatic heterocycles. The number of hydrogen-bond donors (Lipinski definition) is 2. The minimum Gasteiger partial charge on any atom is -0.393 e. The summed E-state index contributed by atoms with van der Waals surface area (Å²) in [4.78, 5) is 48.1. The number of rotatable bonds is 16. The smallest absolute Gasteiger partial charge is 0.242 e. The first-order chi connectivity index (χ1) is 13.8. The number of hydrogen-bond acceptors (Lipinski definition) is 8. The van der Waals surface area contributed by atoms with Gasteiger partial charge in [-0.15, -0.1) is 11.8 Å². The van der Waals surface area contributed by atoms with Gasteiger partial charge in [-0.3, -0.25) is 24.1 Å². The molecule has 3 amide bonds. The lowest BCUT2D eigenvalue weighted by atomic mass is 10.3. The van der Waals surface area contributed by atoms with Gasteiger partial charge in [0, 0.05) is 32.4 Å². The van der Waals surface area contributed by atoms with Gasteiger partial charge in [-0.1, -0.05) is 0 Å². The molecule has 2 N–H and O–H groups in total. The van der Waals surface area contributed by atoms with E-state index in [9.17, 15) is 24.3 Å². The maximum atomic E-state index is 12.3. The summed E-state index contributed by atoms with van der Waals surface area (Å²) < 4.78 is 10.5. The Morgan fingerprint density at radius 3 is 2.55 bits per heavy atom. The van der Waals surface area contributed by atoms with E-state index in [4.69, 9.17) is 9.47 Å². The number of aliphatic hydroxyl groups is 1. The summed E-state index contributed by atoms with van der Waals surface area (Å²) in [6, 6.07) is 0. The number of carbonyl (C=O) groups is 4. The van der Waals surface area contributed by atoms with E-state index in [1.54, 1.807) is 6.92 Å². The van der Waals surface area contributed by atoms with Gasteiger partial charge in [0.2, 0.25) is 17.7 Å².